The summed E-state index contributed by atoms with van der Waals surface area (Å²) in [5.41, 5.74) is 1.45. The molecule has 1 amide bonds. The molecule has 1 aliphatic heterocycles. The third-order valence-electron chi connectivity index (χ3n) is 6.63. The van der Waals surface area contributed by atoms with Crippen LogP contribution in [0.5, 0.6) is 11.5 Å². The standard InChI is InChI=1S/C29H33N3O4/c1-29(2,28(35)30-24-13-15-26(16-14-24)36-25-7-4-3-5-8-25)32-18-6-17-31(19-20-32)21-22-9-11-23(12-10-22)27(33)34/h3-5,7-16H,6,17-21H2,1-2H3,(H,30,35)(H,33,34). The topological polar surface area (TPSA) is 82.1 Å². The van der Waals surface area contributed by atoms with E-state index >= 15 is 0 Å². The first-order chi connectivity index (χ1) is 17.3. The Morgan fingerprint density at radius 1 is 0.861 bits per heavy atom. The van der Waals surface area contributed by atoms with Crippen LogP contribution in [0, 0.1) is 0 Å². The van der Waals surface area contributed by atoms with Crippen LogP contribution in [-0.4, -0.2) is 58.5 Å². The number of aromatic carboxylic acids is 1. The van der Waals surface area contributed by atoms with Gasteiger partial charge in [-0.25, -0.2) is 4.79 Å². The number of hydrogen-bond donors (Lipinski definition) is 2. The number of ether oxygens (including phenoxy) is 1. The molecule has 0 aliphatic carbocycles. The monoisotopic (exact) mass is 487 g/mol. The molecular weight excluding hydrogens is 454 g/mol. The van der Waals surface area contributed by atoms with Gasteiger partial charge >= 0.3 is 5.97 Å². The molecule has 0 radical (unpaired) electrons. The number of carboxylic acid groups (broad SMARTS) is 1. The van der Waals surface area contributed by atoms with Crippen LogP contribution in [0.3, 0.4) is 0 Å². The maximum absolute atomic E-state index is 13.2. The number of carbonyl (C=O) groups excluding carboxylic acids is 1. The lowest BCUT2D eigenvalue weighted by Crippen LogP contribution is -2.53. The maximum Gasteiger partial charge on any atom is 0.335 e. The van der Waals surface area contributed by atoms with Gasteiger partial charge in [0.15, 0.2) is 0 Å². The molecule has 0 unspecified atom stereocenters. The van der Waals surface area contributed by atoms with Crippen LogP contribution >= 0.6 is 0 Å². The first kappa shape index (κ1) is 25.4. The quantitative estimate of drug-likeness (QED) is 0.460. The van der Waals surface area contributed by atoms with Crippen LogP contribution in [0.25, 0.3) is 0 Å². The van der Waals surface area contributed by atoms with Crippen molar-refractivity contribution in [3.8, 4) is 11.5 Å². The summed E-state index contributed by atoms with van der Waals surface area (Å²) in [5.74, 6) is 0.521. The Hall–Kier alpha value is -3.68. The van der Waals surface area contributed by atoms with E-state index in [1.165, 1.54) is 0 Å². The minimum absolute atomic E-state index is 0.0445. The second-order valence-electron chi connectivity index (χ2n) is 9.57. The van der Waals surface area contributed by atoms with Gasteiger partial charge in [-0.1, -0.05) is 30.3 Å². The van der Waals surface area contributed by atoms with Gasteiger partial charge in [0.25, 0.3) is 0 Å². The fourth-order valence-electron chi connectivity index (χ4n) is 4.36. The number of benzene rings is 3. The van der Waals surface area contributed by atoms with Crippen LogP contribution in [-0.2, 0) is 11.3 Å². The van der Waals surface area contributed by atoms with E-state index in [0.717, 1.165) is 56.1 Å². The Morgan fingerprint density at radius 3 is 2.19 bits per heavy atom. The smallest absolute Gasteiger partial charge is 0.335 e. The lowest BCUT2D eigenvalue weighted by atomic mass is 10.0. The molecule has 7 nitrogen and oxygen atoms in total. The van der Waals surface area contributed by atoms with Crippen molar-refractivity contribution in [2.75, 3.05) is 31.5 Å². The van der Waals surface area contributed by atoms with Gasteiger partial charge in [0.2, 0.25) is 5.91 Å². The van der Waals surface area contributed by atoms with Crippen LogP contribution in [0.4, 0.5) is 5.69 Å². The predicted octanol–water partition coefficient (Wildman–Crippen LogP) is 5.10. The molecule has 4 rings (SSSR count). The van der Waals surface area contributed by atoms with E-state index < -0.39 is 11.5 Å². The Balaban J connectivity index is 1.31. The normalized spacial score (nSPS) is 15.2. The number of hydrogen-bond acceptors (Lipinski definition) is 5. The zero-order valence-corrected chi connectivity index (χ0v) is 20.8. The van der Waals surface area contributed by atoms with Crippen molar-refractivity contribution in [1.82, 2.24) is 9.80 Å². The van der Waals surface area contributed by atoms with E-state index in [1.807, 2.05) is 80.6 Å². The van der Waals surface area contributed by atoms with E-state index in [4.69, 9.17) is 9.84 Å². The van der Waals surface area contributed by atoms with Crippen molar-refractivity contribution in [3.05, 3.63) is 90.0 Å². The minimum atomic E-state index is -0.913. The number of carbonyl (C=O) groups is 2. The molecule has 1 heterocycles. The highest BCUT2D eigenvalue weighted by atomic mass is 16.5. The summed E-state index contributed by atoms with van der Waals surface area (Å²) in [4.78, 5) is 28.9. The fourth-order valence-corrected chi connectivity index (χ4v) is 4.36. The second kappa shape index (κ2) is 11.4. The zero-order chi connectivity index (χ0) is 25.5. The van der Waals surface area contributed by atoms with Gasteiger partial charge in [-0.2, -0.15) is 0 Å². The van der Waals surface area contributed by atoms with Gasteiger partial charge < -0.3 is 15.2 Å². The summed E-state index contributed by atoms with van der Waals surface area (Å²) >= 11 is 0. The number of para-hydroxylation sites is 1. The summed E-state index contributed by atoms with van der Waals surface area (Å²) in [6.45, 7) is 8.07. The molecule has 0 aromatic heterocycles. The summed E-state index contributed by atoms with van der Waals surface area (Å²) in [5, 5.41) is 12.1. The second-order valence-corrected chi connectivity index (χ2v) is 9.57. The highest BCUT2D eigenvalue weighted by molar-refractivity contribution is 5.97. The van der Waals surface area contributed by atoms with E-state index in [2.05, 4.69) is 15.1 Å². The lowest BCUT2D eigenvalue weighted by molar-refractivity contribution is -0.126. The number of amides is 1. The van der Waals surface area contributed by atoms with Crippen LogP contribution in [0.2, 0.25) is 0 Å². The van der Waals surface area contributed by atoms with Crippen molar-refractivity contribution in [1.29, 1.82) is 0 Å². The Bertz CT molecular complexity index is 1160. The molecule has 0 spiro atoms. The molecule has 0 bridgehead atoms. The van der Waals surface area contributed by atoms with Gasteiger partial charge in [-0.3, -0.25) is 14.6 Å². The molecular formula is C29H33N3O4. The summed E-state index contributed by atoms with van der Waals surface area (Å²) in [7, 11) is 0. The molecule has 2 N–H and O–H groups in total. The number of rotatable bonds is 8. The molecule has 3 aromatic carbocycles. The van der Waals surface area contributed by atoms with Crippen LogP contribution in [0.1, 0.15) is 36.2 Å². The molecule has 1 aliphatic rings. The van der Waals surface area contributed by atoms with Crippen molar-refractivity contribution < 1.29 is 19.4 Å². The van der Waals surface area contributed by atoms with E-state index in [9.17, 15) is 9.59 Å². The molecule has 1 saturated heterocycles. The van der Waals surface area contributed by atoms with E-state index in [0.29, 0.717) is 11.3 Å². The Morgan fingerprint density at radius 2 is 1.53 bits per heavy atom. The van der Waals surface area contributed by atoms with Crippen molar-refractivity contribution in [2.24, 2.45) is 0 Å². The number of carboxylic acids is 1. The summed E-state index contributed by atoms with van der Waals surface area (Å²) in [6.07, 6.45) is 0.954. The van der Waals surface area contributed by atoms with Gasteiger partial charge in [-0.15, -0.1) is 0 Å². The molecule has 36 heavy (non-hydrogen) atoms. The van der Waals surface area contributed by atoms with Gasteiger partial charge in [-0.05, 0) is 80.9 Å². The summed E-state index contributed by atoms with van der Waals surface area (Å²) in [6, 6.07) is 24.0. The SMILES string of the molecule is CC(C)(C(=O)Nc1ccc(Oc2ccccc2)cc1)N1CCCN(Cc2ccc(C(=O)O)cc2)CC1. The summed E-state index contributed by atoms with van der Waals surface area (Å²) < 4.78 is 5.83. The molecule has 3 aromatic rings. The van der Waals surface area contributed by atoms with E-state index in [1.54, 1.807) is 12.1 Å². The Kier molecular flexibility index (Phi) is 8.03. The first-order valence-corrected chi connectivity index (χ1v) is 12.3. The number of anilines is 1. The van der Waals surface area contributed by atoms with Crippen LogP contribution in [0.15, 0.2) is 78.9 Å². The molecule has 7 heteroatoms. The van der Waals surface area contributed by atoms with Gasteiger partial charge in [0.05, 0.1) is 11.1 Å². The van der Waals surface area contributed by atoms with E-state index in [-0.39, 0.29) is 5.91 Å². The fraction of sp³-hybridized carbons (Fsp3) is 0.310. The predicted molar refractivity (Wildman–Crippen MR) is 141 cm³/mol. The van der Waals surface area contributed by atoms with Crippen molar-refractivity contribution in [2.45, 2.75) is 32.4 Å². The molecule has 1 fully saturated rings. The minimum Gasteiger partial charge on any atom is -0.478 e. The van der Waals surface area contributed by atoms with Gasteiger partial charge in [0, 0.05) is 31.9 Å². The first-order valence-electron chi connectivity index (χ1n) is 12.3. The number of nitrogens with one attached hydrogen (secondary N) is 1. The highest BCUT2D eigenvalue weighted by Gasteiger charge is 2.35. The van der Waals surface area contributed by atoms with Crippen molar-refractivity contribution in [3.63, 3.8) is 0 Å². The van der Waals surface area contributed by atoms with Gasteiger partial charge in [0.1, 0.15) is 11.5 Å². The largest absolute Gasteiger partial charge is 0.478 e. The average Bonchev–Trinajstić information content (AvgIpc) is 3.12. The Labute approximate surface area is 212 Å². The average molecular weight is 488 g/mol. The zero-order valence-electron chi connectivity index (χ0n) is 20.8. The third kappa shape index (κ3) is 6.50. The highest BCUT2D eigenvalue weighted by Crippen LogP contribution is 2.25. The lowest BCUT2D eigenvalue weighted by Gasteiger charge is -2.36. The van der Waals surface area contributed by atoms with Crippen molar-refractivity contribution >= 4 is 17.6 Å². The molecule has 0 atom stereocenters. The number of nitrogens with zero attached hydrogens (tertiary/aromatic N) is 2. The maximum atomic E-state index is 13.2. The molecule has 188 valence electrons. The van der Waals surface area contributed by atoms with Crippen LogP contribution < -0.4 is 10.1 Å². The third-order valence-corrected chi connectivity index (χ3v) is 6.63. The molecule has 0 saturated carbocycles.